The molecule has 1 rings (SSSR count). The number of carbonyl (C=O) groups excluding carboxylic acids is 3. The van der Waals surface area contributed by atoms with Gasteiger partial charge in [0.2, 0.25) is 11.8 Å². The maximum Gasteiger partial charge on any atom is 0.241 e. The Morgan fingerprint density at radius 2 is 2.08 bits per heavy atom. The van der Waals surface area contributed by atoms with Gasteiger partial charge >= 0.3 is 0 Å². The molecule has 0 aromatic carbocycles. The van der Waals surface area contributed by atoms with E-state index in [1.165, 1.54) is 9.80 Å². The molecule has 0 aliphatic carbocycles. The third kappa shape index (κ3) is 2.27. The first-order chi connectivity index (χ1) is 6.00. The molecule has 0 N–H and O–H groups in total. The van der Waals surface area contributed by atoms with E-state index in [9.17, 15) is 14.4 Å². The minimum atomic E-state index is -0.250. The smallest absolute Gasteiger partial charge is 0.241 e. The highest BCUT2D eigenvalue weighted by Crippen LogP contribution is 2.05. The SMILES string of the molecule is CN(C)C(=O)CN1CC(=O)CC1=O. The highest BCUT2D eigenvalue weighted by molar-refractivity contribution is 6.06. The van der Waals surface area contributed by atoms with Crippen LogP contribution in [0, 0.1) is 0 Å². The van der Waals surface area contributed by atoms with Crippen LogP contribution in [0.4, 0.5) is 0 Å². The summed E-state index contributed by atoms with van der Waals surface area (Å²) in [5.41, 5.74) is 0. The minimum Gasteiger partial charge on any atom is -0.347 e. The maximum atomic E-state index is 11.2. The number of amides is 2. The Morgan fingerprint density at radius 3 is 2.46 bits per heavy atom. The third-order valence-electron chi connectivity index (χ3n) is 1.89. The van der Waals surface area contributed by atoms with E-state index in [-0.39, 0.29) is 37.1 Å². The van der Waals surface area contributed by atoms with E-state index in [1.807, 2.05) is 0 Å². The van der Waals surface area contributed by atoms with Crippen LogP contribution in [0.25, 0.3) is 0 Å². The van der Waals surface area contributed by atoms with Crippen LogP contribution >= 0.6 is 0 Å². The predicted molar refractivity (Wildman–Crippen MR) is 44.9 cm³/mol. The number of Topliss-reactive ketones (excluding diaryl/α,β-unsaturated/α-hetero) is 1. The molecule has 1 heterocycles. The molecule has 0 saturated carbocycles. The monoisotopic (exact) mass is 184 g/mol. The first-order valence-corrected chi connectivity index (χ1v) is 4.00. The summed E-state index contributed by atoms with van der Waals surface area (Å²) in [6.45, 7) is 0.0932. The van der Waals surface area contributed by atoms with Gasteiger partial charge in [-0.2, -0.15) is 0 Å². The van der Waals surface area contributed by atoms with Crippen LogP contribution in [0.5, 0.6) is 0 Å². The number of nitrogens with zero attached hydrogens (tertiary/aromatic N) is 2. The van der Waals surface area contributed by atoms with Crippen molar-refractivity contribution < 1.29 is 14.4 Å². The van der Waals surface area contributed by atoms with Crippen molar-refractivity contribution in [2.45, 2.75) is 6.42 Å². The summed E-state index contributed by atoms with van der Waals surface area (Å²) in [4.78, 5) is 35.8. The second-order valence-electron chi connectivity index (χ2n) is 3.25. The second-order valence-corrected chi connectivity index (χ2v) is 3.25. The first-order valence-electron chi connectivity index (χ1n) is 4.00. The molecular formula is C8H12N2O3. The van der Waals surface area contributed by atoms with Crippen LogP contribution in [0.3, 0.4) is 0 Å². The summed E-state index contributed by atoms with van der Waals surface area (Å²) in [5, 5.41) is 0. The number of likely N-dealkylation sites (N-methyl/N-ethyl adjacent to an activating group) is 1. The molecule has 0 unspecified atom stereocenters. The van der Waals surface area contributed by atoms with E-state index in [1.54, 1.807) is 14.1 Å². The average Bonchev–Trinajstić information content (AvgIpc) is 2.30. The van der Waals surface area contributed by atoms with Gasteiger partial charge in [0, 0.05) is 14.1 Å². The zero-order valence-electron chi connectivity index (χ0n) is 7.74. The van der Waals surface area contributed by atoms with Crippen molar-refractivity contribution in [1.82, 2.24) is 9.80 Å². The molecule has 1 saturated heterocycles. The highest BCUT2D eigenvalue weighted by atomic mass is 16.2. The Kier molecular flexibility index (Phi) is 2.65. The van der Waals surface area contributed by atoms with Gasteiger partial charge in [-0.25, -0.2) is 0 Å². The van der Waals surface area contributed by atoms with Crippen LogP contribution in [0.1, 0.15) is 6.42 Å². The molecule has 13 heavy (non-hydrogen) atoms. The van der Waals surface area contributed by atoms with Gasteiger partial charge in [-0.3, -0.25) is 14.4 Å². The first kappa shape index (κ1) is 9.70. The molecule has 5 nitrogen and oxygen atoms in total. The second kappa shape index (κ2) is 3.55. The van der Waals surface area contributed by atoms with Crippen LogP contribution in [-0.2, 0) is 14.4 Å². The molecule has 0 radical (unpaired) electrons. The van der Waals surface area contributed by atoms with Crippen molar-refractivity contribution >= 4 is 17.6 Å². The lowest BCUT2D eigenvalue weighted by molar-refractivity contribution is -0.136. The Hall–Kier alpha value is -1.39. The summed E-state index contributed by atoms with van der Waals surface area (Å²) < 4.78 is 0. The van der Waals surface area contributed by atoms with Gasteiger partial charge in [-0.05, 0) is 0 Å². The Bertz CT molecular complexity index is 260. The van der Waals surface area contributed by atoms with Gasteiger partial charge in [-0.1, -0.05) is 0 Å². The van der Waals surface area contributed by atoms with E-state index in [0.717, 1.165) is 0 Å². The number of rotatable bonds is 2. The van der Waals surface area contributed by atoms with Crippen molar-refractivity contribution in [3.63, 3.8) is 0 Å². The quantitative estimate of drug-likeness (QED) is 0.510. The predicted octanol–water partition coefficient (Wildman–Crippen LogP) is -1.12. The van der Waals surface area contributed by atoms with Crippen LogP contribution in [0.2, 0.25) is 0 Å². The maximum absolute atomic E-state index is 11.2. The molecule has 0 aromatic rings. The molecule has 0 aromatic heterocycles. The fourth-order valence-corrected chi connectivity index (χ4v) is 1.09. The molecule has 1 aliphatic rings. The highest BCUT2D eigenvalue weighted by Gasteiger charge is 2.28. The lowest BCUT2D eigenvalue weighted by Crippen LogP contribution is -2.37. The van der Waals surface area contributed by atoms with Gasteiger partial charge in [0.15, 0.2) is 5.78 Å². The standard InChI is InChI=1S/C8H12N2O3/c1-9(2)8(13)5-10-4-6(11)3-7(10)12/h3-5H2,1-2H3. The van der Waals surface area contributed by atoms with E-state index in [2.05, 4.69) is 0 Å². The zero-order valence-corrected chi connectivity index (χ0v) is 7.74. The van der Waals surface area contributed by atoms with Crippen LogP contribution in [-0.4, -0.2) is 54.6 Å². The largest absolute Gasteiger partial charge is 0.347 e. The Balaban J connectivity index is 2.51. The number of likely N-dealkylation sites (tertiary alicyclic amines) is 1. The lowest BCUT2D eigenvalue weighted by Gasteiger charge is -2.16. The summed E-state index contributed by atoms with van der Waals surface area (Å²) in [6, 6.07) is 0. The van der Waals surface area contributed by atoms with Gasteiger partial charge in [0.05, 0.1) is 13.0 Å². The van der Waals surface area contributed by atoms with Gasteiger partial charge in [0.1, 0.15) is 6.54 Å². The number of ketones is 1. The Labute approximate surface area is 76.3 Å². The number of hydrogen-bond donors (Lipinski definition) is 0. The number of carbonyl (C=O) groups is 3. The fourth-order valence-electron chi connectivity index (χ4n) is 1.09. The van der Waals surface area contributed by atoms with Gasteiger partial charge in [0.25, 0.3) is 0 Å². The van der Waals surface area contributed by atoms with Gasteiger partial charge < -0.3 is 9.80 Å². The third-order valence-corrected chi connectivity index (χ3v) is 1.89. The molecule has 0 spiro atoms. The molecule has 2 amide bonds. The van der Waals surface area contributed by atoms with Crippen LogP contribution < -0.4 is 0 Å². The minimum absolute atomic E-state index is 0.0115. The molecular weight excluding hydrogens is 172 g/mol. The van der Waals surface area contributed by atoms with E-state index < -0.39 is 0 Å². The normalized spacial score (nSPS) is 16.6. The number of hydrogen-bond acceptors (Lipinski definition) is 3. The van der Waals surface area contributed by atoms with E-state index in [4.69, 9.17) is 0 Å². The summed E-state index contributed by atoms with van der Waals surface area (Å²) in [6.07, 6.45) is -0.0549. The van der Waals surface area contributed by atoms with E-state index >= 15 is 0 Å². The molecule has 5 heteroatoms. The van der Waals surface area contributed by atoms with Crippen molar-refractivity contribution in [3.8, 4) is 0 Å². The lowest BCUT2D eigenvalue weighted by atomic mass is 10.3. The van der Waals surface area contributed by atoms with Gasteiger partial charge in [-0.15, -0.1) is 0 Å². The van der Waals surface area contributed by atoms with Crippen molar-refractivity contribution in [1.29, 1.82) is 0 Å². The molecule has 72 valence electrons. The summed E-state index contributed by atoms with van der Waals surface area (Å²) in [5.74, 6) is -0.528. The average molecular weight is 184 g/mol. The Morgan fingerprint density at radius 1 is 1.46 bits per heavy atom. The molecule has 0 atom stereocenters. The molecule has 1 fully saturated rings. The summed E-state index contributed by atoms with van der Waals surface area (Å²) in [7, 11) is 3.23. The fraction of sp³-hybridized carbons (Fsp3) is 0.625. The zero-order chi connectivity index (χ0) is 10.0. The topological polar surface area (TPSA) is 57.7 Å². The van der Waals surface area contributed by atoms with Crippen molar-refractivity contribution in [2.24, 2.45) is 0 Å². The van der Waals surface area contributed by atoms with E-state index in [0.29, 0.717) is 0 Å². The molecule has 1 aliphatic heterocycles. The van der Waals surface area contributed by atoms with Crippen LogP contribution in [0.15, 0.2) is 0 Å². The van der Waals surface area contributed by atoms with Crippen molar-refractivity contribution in [3.05, 3.63) is 0 Å². The molecule has 0 bridgehead atoms. The van der Waals surface area contributed by atoms with Crippen molar-refractivity contribution in [2.75, 3.05) is 27.2 Å². The summed E-state index contributed by atoms with van der Waals surface area (Å²) >= 11 is 0.